The molecule has 0 unspecified atom stereocenters. The molecule has 1 spiro atoms. The van der Waals surface area contributed by atoms with Crippen LogP contribution in [0.1, 0.15) is 24.0 Å². The first-order valence-corrected chi connectivity index (χ1v) is 8.89. The molecule has 0 bridgehead atoms. The Balaban J connectivity index is 1.62. The molecule has 0 radical (unpaired) electrons. The van der Waals surface area contributed by atoms with E-state index in [0.29, 0.717) is 11.1 Å². The Morgan fingerprint density at radius 1 is 1.08 bits per heavy atom. The number of nitrogens with two attached hydrogens (primary N) is 1. The fourth-order valence-corrected chi connectivity index (χ4v) is 3.89. The minimum Gasteiger partial charge on any atom is -0.399 e. The van der Waals surface area contributed by atoms with Crippen LogP contribution in [0.2, 0.25) is 0 Å². The molecule has 1 saturated carbocycles. The Bertz CT molecular complexity index is 1010. The van der Waals surface area contributed by atoms with Gasteiger partial charge in [0.15, 0.2) is 0 Å². The van der Waals surface area contributed by atoms with E-state index < -0.39 is 0 Å². The quantitative estimate of drug-likeness (QED) is 0.635. The molecule has 2 aromatic heterocycles. The third kappa shape index (κ3) is 2.35. The molecule has 4 N–H and O–H groups in total. The monoisotopic (exact) mass is 344 g/mol. The molecule has 1 fully saturated rings. The zero-order valence-corrected chi connectivity index (χ0v) is 14.4. The smallest absolute Gasteiger partial charge is 0.129 e. The topological polar surface area (TPSA) is 84.1 Å². The van der Waals surface area contributed by atoms with Gasteiger partial charge in [-0.2, -0.15) is 0 Å². The maximum Gasteiger partial charge on any atom is 0.129 e. The Hall–Kier alpha value is -2.92. The molecule has 0 saturated heterocycles. The number of benzene rings is 1. The Morgan fingerprint density at radius 3 is 2.73 bits per heavy atom. The molecule has 130 valence electrons. The number of anilines is 2. The molecule has 0 atom stereocenters. The first kappa shape index (κ1) is 15.3. The lowest BCUT2D eigenvalue weighted by molar-refractivity contribution is 0.282. The SMILES string of the molecule is Nc1cc(-c2cnc3c(c2)C2(CC2)CN3)cc(-c2ncccc2CO)c1. The number of aliphatic hydroxyl groups excluding tert-OH is 1. The van der Waals surface area contributed by atoms with Crippen molar-refractivity contribution in [2.75, 3.05) is 17.6 Å². The highest BCUT2D eigenvalue weighted by atomic mass is 16.3. The third-order valence-corrected chi connectivity index (χ3v) is 5.53. The van der Waals surface area contributed by atoms with E-state index in [0.717, 1.165) is 40.3 Å². The maximum absolute atomic E-state index is 9.62. The summed E-state index contributed by atoms with van der Waals surface area (Å²) in [5, 5.41) is 13.0. The number of nitrogens with one attached hydrogen (secondary N) is 1. The Kier molecular flexibility index (Phi) is 3.27. The molecule has 2 aliphatic rings. The van der Waals surface area contributed by atoms with Gasteiger partial charge in [-0.15, -0.1) is 0 Å². The molecule has 1 aromatic carbocycles. The number of nitrogen functional groups attached to an aromatic ring is 1. The normalized spacial score (nSPS) is 16.3. The number of aromatic nitrogens is 2. The van der Waals surface area contributed by atoms with Gasteiger partial charge in [0.25, 0.3) is 0 Å². The van der Waals surface area contributed by atoms with E-state index in [1.54, 1.807) is 6.20 Å². The summed E-state index contributed by atoms with van der Waals surface area (Å²) in [7, 11) is 0. The lowest BCUT2D eigenvalue weighted by Crippen LogP contribution is -2.08. The van der Waals surface area contributed by atoms with Crippen molar-refractivity contribution in [2.24, 2.45) is 0 Å². The second-order valence-corrected chi connectivity index (χ2v) is 7.27. The van der Waals surface area contributed by atoms with Crippen molar-refractivity contribution in [2.45, 2.75) is 24.9 Å². The summed E-state index contributed by atoms with van der Waals surface area (Å²) in [4.78, 5) is 9.07. The van der Waals surface area contributed by atoms with Gasteiger partial charge in [-0.1, -0.05) is 6.07 Å². The largest absolute Gasteiger partial charge is 0.399 e. The lowest BCUT2D eigenvalue weighted by Gasteiger charge is -2.12. The first-order chi connectivity index (χ1) is 12.7. The van der Waals surface area contributed by atoms with Crippen LogP contribution in [0.25, 0.3) is 22.4 Å². The number of rotatable bonds is 3. The second-order valence-electron chi connectivity index (χ2n) is 7.27. The lowest BCUT2D eigenvalue weighted by atomic mass is 9.95. The highest BCUT2D eigenvalue weighted by molar-refractivity contribution is 5.78. The highest BCUT2D eigenvalue weighted by Gasteiger charge is 2.49. The number of hydrogen-bond acceptors (Lipinski definition) is 5. The zero-order valence-electron chi connectivity index (χ0n) is 14.4. The molecule has 1 aliphatic heterocycles. The van der Waals surface area contributed by atoms with Crippen molar-refractivity contribution < 1.29 is 5.11 Å². The number of nitrogens with zero attached hydrogens (tertiary/aromatic N) is 2. The fourth-order valence-electron chi connectivity index (χ4n) is 3.89. The number of pyridine rings is 2. The van der Waals surface area contributed by atoms with Gasteiger partial charge in [-0.3, -0.25) is 4.98 Å². The second kappa shape index (κ2) is 5.54. The van der Waals surface area contributed by atoms with Crippen LogP contribution in [0.4, 0.5) is 11.5 Å². The molecule has 1 aliphatic carbocycles. The number of hydrogen-bond donors (Lipinski definition) is 3. The van der Waals surface area contributed by atoms with Gasteiger partial charge in [-0.25, -0.2) is 4.98 Å². The summed E-state index contributed by atoms with van der Waals surface area (Å²) in [6.07, 6.45) is 6.09. The Morgan fingerprint density at radius 2 is 1.92 bits per heavy atom. The molecule has 5 nitrogen and oxygen atoms in total. The summed E-state index contributed by atoms with van der Waals surface area (Å²) in [6.45, 7) is 0.941. The van der Waals surface area contributed by atoms with Crippen LogP contribution < -0.4 is 11.1 Å². The molecular weight excluding hydrogens is 324 g/mol. The zero-order chi connectivity index (χ0) is 17.7. The van der Waals surface area contributed by atoms with Crippen molar-refractivity contribution >= 4 is 11.5 Å². The fraction of sp³-hybridized carbons (Fsp3) is 0.238. The molecule has 3 heterocycles. The van der Waals surface area contributed by atoms with Crippen molar-refractivity contribution in [3.8, 4) is 22.4 Å². The summed E-state index contributed by atoms with van der Waals surface area (Å²) in [5.41, 5.74) is 13.0. The summed E-state index contributed by atoms with van der Waals surface area (Å²) >= 11 is 0. The minimum atomic E-state index is -0.0537. The van der Waals surface area contributed by atoms with E-state index in [1.807, 2.05) is 30.5 Å². The Labute approximate surface area is 151 Å². The van der Waals surface area contributed by atoms with Crippen LogP contribution in [0.3, 0.4) is 0 Å². The number of fused-ring (bicyclic) bond motifs is 2. The van der Waals surface area contributed by atoms with E-state index in [4.69, 9.17) is 5.73 Å². The molecule has 3 aromatic rings. The van der Waals surface area contributed by atoms with Gasteiger partial charge < -0.3 is 16.2 Å². The van der Waals surface area contributed by atoms with Crippen LogP contribution in [0.5, 0.6) is 0 Å². The predicted molar refractivity (Wildman–Crippen MR) is 103 cm³/mol. The molecule has 0 amide bonds. The van der Waals surface area contributed by atoms with E-state index in [1.165, 1.54) is 18.4 Å². The van der Waals surface area contributed by atoms with Crippen molar-refractivity contribution in [1.82, 2.24) is 9.97 Å². The minimum absolute atomic E-state index is 0.0537. The van der Waals surface area contributed by atoms with Gasteiger partial charge in [-0.05, 0) is 48.7 Å². The molecule has 5 heteroatoms. The number of aliphatic hydroxyl groups is 1. The standard InChI is InChI=1S/C21H20N4O/c22-17-7-14(6-15(8-17)19-13(11-26)2-1-5-23-19)16-9-18-20(24-10-16)25-12-21(18)3-4-21/h1-2,5-10,26H,3-4,11-12,22H2,(H,24,25). The van der Waals surface area contributed by atoms with Crippen molar-refractivity contribution in [3.05, 3.63) is 59.9 Å². The highest BCUT2D eigenvalue weighted by Crippen LogP contribution is 2.54. The van der Waals surface area contributed by atoms with Crippen LogP contribution in [0.15, 0.2) is 48.8 Å². The van der Waals surface area contributed by atoms with Crippen LogP contribution in [-0.2, 0) is 12.0 Å². The van der Waals surface area contributed by atoms with E-state index in [2.05, 4.69) is 27.4 Å². The third-order valence-electron chi connectivity index (χ3n) is 5.53. The predicted octanol–water partition coefficient (Wildman–Crippen LogP) is 3.34. The van der Waals surface area contributed by atoms with Gasteiger partial charge in [0.05, 0.1) is 12.3 Å². The van der Waals surface area contributed by atoms with Gasteiger partial charge in [0, 0.05) is 52.3 Å². The van der Waals surface area contributed by atoms with Gasteiger partial charge in [0.2, 0.25) is 0 Å². The molecule has 5 rings (SSSR count). The first-order valence-electron chi connectivity index (χ1n) is 8.89. The average molecular weight is 344 g/mol. The molecular formula is C21H20N4O. The summed E-state index contributed by atoms with van der Waals surface area (Å²) in [6, 6.07) is 11.9. The van der Waals surface area contributed by atoms with Crippen LogP contribution in [-0.4, -0.2) is 21.6 Å². The molecule has 26 heavy (non-hydrogen) atoms. The van der Waals surface area contributed by atoms with E-state index in [-0.39, 0.29) is 6.61 Å². The maximum atomic E-state index is 9.62. The van der Waals surface area contributed by atoms with E-state index >= 15 is 0 Å². The van der Waals surface area contributed by atoms with Crippen LogP contribution >= 0.6 is 0 Å². The van der Waals surface area contributed by atoms with E-state index in [9.17, 15) is 5.11 Å². The van der Waals surface area contributed by atoms with Gasteiger partial charge in [0.1, 0.15) is 5.82 Å². The average Bonchev–Trinajstić information content (AvgIpc) is 3.37. The van der Waals surface area contributed by atoms with Gasteiger partial charge >= 0.3 is 0 Å². The summed E-state index contributed by atoms with van der Waals surface area (Å²) in [5.74, 6) is 1.02. The summed E-state index contributed by atoms with van der Waals surface area (Å²) < 4.78 is 0. The van der Waals surface area contributed by atoms with Crippen molar-refractivity contribution in [3.63, 3.8) is 0 Å². The van der Waals surface area contributed by atoms with Crippen LogP contribution in [0, 0.1) is 0 Å². The van der Waals surface area contributed by atoms with Crippen molar-refractivity contribution in [1.29, 1.82) is 0 Å².